The summed E-state index contributed by atoms with van der Waals surface area (Å²) in [5.74, 6) is 0.146. The fourth-order valence-corrected chi connectivity index (χ4v) is 4.08. The van der Waals surface area contributed by atoms with Crippen molar-refractivity contribution in [1.29, 1.82) is 0 Å². The number of amides is 1. The molecule has 1 amide bonds. The Morgan fingerprint density at radius 2 is 1.96 bits per heavy atom. The molecule has 1 aliphatic heterocycles. The molecule has 0 bridgehead atoms. The first-order valence-electron chi connectivity index (χ1n) is 8.66. The SMILES string of the molecule is CC(=O)N1CCc2cc(S(=O)(=O)NCCCOc3ccc(F)cc3)ccc21. The number of halogens is 1. The van der Waals surface area contributed by atoms with Crippen LogP contribution in [-0.4, -0.2) is 34.0 Å². The second kappa shape index (κ2) is 8.06. The number of carbonyl (C=O) groups is 1. The van der Waals surface area contributed by atoms with Gasteiger partial charge >= 0.3 is 0 Å². The molecule has 0 aliphatic carbocycles. The van der Waals surface area contributed by atoms with E-state index in [0.29, 0.717) is 31.7 Å². The number of ether oxygens (including phenoxy) is 1. The predicted octanol–water partition coefficient (Wildman–Crippen LogP) is 2.48. The third kappa shape index (κ3) is 4.64. The number of anilines is 1. The summed E-state index contributed by atoms with van der Waals surface area (Å²) in [6, 6.07) is 10.5. The van der Waals surface area contributed by atoms with E-state index in [9.17, 15) is 17.6 Å². The second-order valence-electron chi connectivity index (χ2n) is 6.26. The highest BCUT2D eigenvalue weighted by Gasteiger charge is 2.24. The number of hydrogen-bond acceptors (Lipinski definition) is 4. The summed E-state index contributed by atoms with van der Waals surface area (Å²) >= 11 is 0. The lowest BCUT2D eigenvalue weighted by Crippen LogP contribution is -2.26. The van der Waals surface area contributed by atoms with E-state index >= 15 is 0 Å². The molecule has 27 heavy (non-hydrogen) atoms. The van der Waals surface area contributed by atoms with Crippen LogP contribution in [0.15, 0.2) is 47.4 Å². The monoisotopic (exact) mass is 392 g/mol. The molecule has 8 heteroatoms. The lowest BCUT2D eigenvalue weighted by atomic mass is 10.2. The van der Waals surface area contributed by atoms with E-state index < -0.39 is 10.0 Å². The van der Waals surface area contributed by atoms with Crippen molar-refractivity contribution in [3.8, 4) is 5.75 Å². The van der Waals surface area contributed by atoms with Gasteiger partial charge in [-0.1, -0.05) is 0 Å². The first-order valence-corrected chi connectivity index (χ1v) is 10.1. The molecular formula is C19H21FN2O4S. The average molecular weight is 392 g/mol. The van der Waals surface area contributed by atoms with Gasteiger partial charge in [-0.15, -0.1) is 0 Å². The molecule has 0 radical (unpaired) electrons. The lowest BCUT2D eigenvalue weighted by Gasteiger charge is -2.15. The van der Waals surface area contributed by atoms with E-state index in [1.165, 1.54) is 37.3 Å². The third-order valence-electron chi connectivity index (χ3n) is 4.33. The maximum absolute atomic E-state index is 12.8. The Morgan fingerprint density at radius 3 is 2.67 bits per heavy atom. The van der Waals surface area contributed by atoms with Crippen molar-refractivity contribution in [3.05, 3.63) is 53.8 Å². The fourth-order valence-electron chi connectivity index (χ4n) is 2.96. The van der Waals surface area contributed by atoms with Crippen LogP contribution in [0, 0.1) is 5.82 Å². The Kier molecular flexibility index (Phi) is 5.76. The van der Waals surface area contributed by atoms with Crippen molar-refractivity contribution in [2.45, 2.75) is 24.7 Å². The van der Waals surface area contributed by atoms with Gasteiger partial charge in [0, 0.05) is 25.7 Å². The van der Waals surface area contributed by atoms with Gasteiger partial charge in [-0.25, -0.2) is 17.5 Å². The molecule has 0 atom stereocenters. The summed E-state index contributed by atoms with van der Waals surface area (Å²) in [5.41, 5.74) is 1.63. The maximum Gasteiger partial charge on any atom is 0.240 e. The van der Waals surface area contributed by atoms with Crippen LogP contribution in [0.2, 0.25) is 0 Å². The van der Waals surface area contributed by atoms with Crippen molar-refractivity contribution in [2.24, 2.45) is 0 Å². The van der Waals surface area contributed by atoms with Gasteiger partial charge in [0.1, 0.15) is 11.6 Å². The largest absolute Gasteiger partial charge is 0.494 e. The van der Waals surface area contributed by atoms with Crippen LogP contribution in [0.4, 0.5) is 10.1 Å². The summed E-state index contributed by atoms with van der Waals surface area (Å²) in [5, 5.41) is 0. The second-order valence-corrected chi connectivity index (χ2v) is 8.03. The van der Waals surface area contributed by atoms with Crippen LogP contribution in [0.5, 0.6) is 5.75 Å². The van der Waals surface area contributed by atoms with Gasteiger partial charge < -0.3 is 9.64 Å². The molecule has 0 unspecified atom stereocenters. The van der Waals surface area contributed by atoms with Gasteiger partial charge in [0.05, 0.1) is 11.5 Å². The van der Waals surface area contributed by atoms with E-state index in [1.807, 2.05) is 0 Å². The molecule has 0 saturated carbocycles. The third-order valence-corrected chi connectivity index (χ3v) is 5.79. The fraction of sp³-hybridized carbons (Fsp3) is 0.316. The first kappa shape index (κ1) is 19.3. The minimum atomic E-state index is -3.63. The van der Waals surface area contributed by atoms with Crippen LogP contribution in [-0.2, 0) is 21.2 Å². The van der Waals surface area contributed by atoms with Crippen molar-refractivity contribution in [1.82, 2.24) is 4.72 Å². The zero-order valence-corrected chi connectivity index (χ0v) is 15.8. The lowest BCUT2D eigenvalue weighted by molar-refractivity contribution is -0.116. The Bertz CT molecular complexity index is 929. The highest BCUT2D eigenvalue weighted by atomic mass is 32.2. The normalized spacial score (nSPS) is 13.5. The average Bonchev–Trinajstić information content (AvgIpc) is 3.06. The Morgan fingerprint density at radius 1 is 1.22 bits per heavy atom. The first-order chi connectivity index (χ1) is 12.9. The van der Waals surface area contributed by atoms with Crippen LogP contribution in [0.1, 0.15) is 18.9 Å². The molecule has 2 aromatic rings. The molecule has 144 valence electrons. The molecule has 0 aromatic heterocycles. The van der Waals surface area contributed by atoms with Gasteiger partial charge in [0.15, 0.2) is 0 Å². The number of nitrogens with zero attached hydrogens (tertiary/aromatic N) is 1. The van der Waals surface area contributed by atoms with E-state index in [-0.39, 0.29) is 23.2 Å². The summed E-state index contributed by atoms with van der Waals surface area (Å²) in [6.07, 6.45) is 1.11. The van der Waals surface area contributed by atoms with Gasteiger partial charge in [-0.3, -0.25) is 4.79 Å². The van der Waals surface area contributed by atoms with Gasteiger partial charge in [0.2, 0.25) is 15.9 Å². The smallest absolute Gasteiger partial charge is 0.240 e. The van der Waals surface area contributed by atoms with E-state index in [4.69, 9.17) is 4.74 Å². The molecule has 6 nitrogen and oxygen atoms in total. The highest BCUT2D eigenvalue weighted by molar-refractivity contribution is 7.89. The molecule has 3 rings (SSSR count). The molecular weight excluding hydrogens is 371 g/mol. The molecule has 2 aromatic carbocycles. The topological polar surface area (TPSA) is 75.7 Å². The van der Waals surface area contributed by atoms with Crippen molar-refractivity contribution in [2.75, 3.05) is 24.6 Å². The minimum Gasteiger partial charge on any atom is -0.494 e. The van der Waals surface area contributed by atoms with Crippen LogP contribution >= 0.6 is 0 Å². The van der Waals surface area contributed by atoms with Gasteiger partial charge in [-0.05, 0) is 60.9 Å². The van der Waals surface area contributed by atoms with E-state index in [1.54, 1.807) is 17.0 Å². The standard InChI is InChI=1S/C19H21FN2O4S/c1-14(23)22-11-9-15-13-18(7-8-19(15)22)27(24,25)21-10-2-12-26-17-5-3-16(20)4-6-17/h3-8,13,21H,2,9-12H2,1H3. The zero-order valence-electron chi connectivity index (χ0n) is 14.9. The molecule has 1 aliphatic rings. The summed E-state index contributed by atoms with van der Waals surface area (Å²) < 4.78 is 45.7. The van der Waals surface area contributed by atoms with Crippen LogP contribution in [0.25, 0.3) is 0 Å². The number of sulfonamides is 1. The Labute approximate surface area is 158 Å². The van der Waals surface area contributed by atoms with Crippen LogP contribution < -0.4 is 14.4 Å². The van der Waals surface area contributed by atoms with Crippen LogP contribution in [0.3, 0.4) is 0 Å². The summed E-state index contributed by atoms with van der Waals surface area (Å²) in [4.78, 5) is 13.4. The predicted molar refractivity (Wildman–Crippen MR) is 99.9 cm³/mol. The van der Waals surface area contributed by atoms with Crippen molar-refractivity contribution in [3.63, 3.8) is 0 Å². The van der Waals surface area contributed by atoms with Crippen molar-refractivity contribution < 1.29 is 22.3 Å². The number of carbonyl (C=O) groups excluding carboxylic acids is 1. The Balaban J connectivity index is 1.53. The van der Waals surface area contributed by atoms with Gasteiger partial charge in [0.25, 0.3) is 0 Å². The molecule has 0 spiro atoms. The zero-order chi connectivity index (χ0) is 19.4. The summed E-state index contributed by atoms with van der Waals surface area (Å²) in [7, 11) is -3.63. The number of fused-ring (bicyclic) bond motifs is 1. The maximum atomic E-state index is 12.8. The number of benzene rings is 2. The van der Waals surface area contributed by atoms with Gasteiger partial charge in [-0.2, -0.15) is 0 Å². The molecule has 1 heterocycles. The number of rotatable bonds is 7. The molecule has 0 fully saturated rings. The summed E-state index contributed by atoms with van der Waals surface area (Å²) in [6.45, 7) is 2.60. The molecule has 0 saturated heterocycles. The quantitative estimate of drug-likeness (QED) is 0.735. The number of nitrogens with one attached hydrogen (secondary N) is 1. The van der Waals surface area contributed by atoms with E-state index in [2.05, 4.69) is 4.72 Å². The van der Waals surface area contributed by atoms with Crippen molar-refractivity contribution >= 4 is 21.6 Å². The highest BCUT2D eigenvalue weighted by Crippen LogP contribution is 2.30. The van der Waals surface area contributed by atoms with E-state index in [0.717, 1.165) is 11.3 Å². The molecule has 1 N–H and O–H groups in total. The minimum absolute atomic E-state index is 0.0522. The number of hydrogen-bond donors (Lipinski definition) is 1. The Hall–Kier alpha value is -2.45.